The molecule has 0 heterocycles. The minimum absolute atomic E-state index is 0.119. The summed E-state index contributed by atoms with van der Waals surface area (Å²) in [5.41, 5.74) is 1.12. The Balaban J connectivity index is 1.91. The number of nitrogens with one attached hydrogen (secondary N) is 2. The summed E-state index contributed by atoms with van der Waals surface area (Å²) in [5.74, 6) is 0.264. The van der Waals surface area contributed by atoms with E-state index in [0.29, 0.717) is 13.1 Å². The van der Waals surface area contributed by atoms with Gasteiger partial charge in [0.25, 0.3) is 0 Å². The molecule has 0 unspecified atom stereocenters. The fourth-order valence-electron chi connectivity index (χ4n) is 2.30. The van der Waals surface area contributed by atoms with Crippen molar-refractivity contribution < 1.29 is 9.90 Å². The molecule has 2 aromatic carbocycles. The monoisotopic (exact) mass is 286 g/mol. The van der Waals surface area contributed by atoms with E-state index in [2.05, 4.69) is 17.6 Å². The standard InChI is InChI=1S/C17H22N2O2/c1-2-3-10-18-17(21)19-11-9-14-6-4-5-13-7-8-15(20)12-16(13)14/h4-8,12,20H,2-3,9-11H2,1H3,(H2,18,19,21). The Bertz CT molecular complexity index is 611. The van der Waals surface area contributed by atoms with Gasteiger partial charge < -0.3 is 15.7 Å². The van der Waals surface area contributed by atoms with Crippen LogP contribution in [0.25, 0.3) is 10.8 Å². The highest BCUT2D eigenvalue weighted by Crippen LogP contribution is 2.23. The molecular formula is C17H22N2O2. The Kier molecular flexibility index (Phi) is 5.43. The van der Waals surface area contributed by atoms with Crippen molar-refractivity contribution in [1.82, 2.24) is 10.6 Å². The third-order valence-electron chi connectivity index (χ3n) is 3.45. The fourth-order valence-corrected chi connectivity index (χ4v) is 2.30. The number of amides is 2. The number of rotatable bonds is 6. The molecule has 0 aliphatic rings. The van der Waals surface area contributed by atoms with Gasteiger partial charge in [0.05, 0.1) is 0 Å². The highest BCUT2D eigenvalue weighted by molar-refractivity contribution is 5.87. The topological polar surface area (TPSA) is 61.4 Å². The number of unbranched alkanes of at least 4 members (excludes halogenated alkanes) is 1. The molecule has 2 amide bonds. The van der Waals surface area contributed by atoms with Crippen molar-refractivity contribution in [2.75, 3.05) is 13.1 Å². The quantitative estimate of drug-likeness (QED) is 0.714. The van der Waals surface area contributed by atoms with Crippen LogP contribution in [0.3, 0.4) is 0 Å². The maximum absolute atomic E-state index is 11.6. The SMILES string of the molecule is CCCCNC(=O)NCCc1cccc2ccc(O)cc12. The van der Waals surface area contributed by atoms with Gasteiger partial charge in [-0.05, 0) is 41.3 Å². The first-order valence-corrected chi connectivity index (χ1v) is 7.43. The van der Waals surface area contributed by atoms with E-state index >= 15 is 0 Å². The second kappa shape index (κ2) is 7.53. The second-order valence-corrected chi connectivity index (χ2v) is 5.11. The van der Waals surface area contributed by atoms with Gasteiger partial charge in [0.1, 0.15) is 5.75 Å². The molecule has 0 saturated carbocycles. The van der Waals surface area contributed by atoms with Crippen molar-refractivity contribution in [3.8, 4) is 5.75 Å². The van der Waals surface area contributed by atoms with Gasteiger partial charge in [0.15, 0.2) is 0 Å². The maximum atomic E-state index is 11.6. The van der Waals surface area contributed by atoms with Crippen LogP contribution in [0.1, 0.15) is 25.3 Å². The highest BCUT2D eigenvalue weighted by atomic mass is 16.3. The number of hydrogen-bond donors (Lipinski definition) is 3. The average Bonchev–Trinajstić information content (AvgIpc) is 2.48. The van der Waals surface area contributed by atoms with Crippen LogP contribution >= 0.6 is 0 Å². The van der Waals surface area contributed by atoms with Crippen molar-refractivity contribution in [3.05, 3.63) is 42.0 Å². The number of hydrogen-bond acceptors (Lipinski definition) is 2. The van der Waals surface area contributed by atoms with Crippen molar-refractivity contribution >= 4 is 16.8 Å². The summed E-state index contributed by atoms with van der Waals surface area (Å²) in [4.78, 5) is 11.6. The van der Waals surface area contributed by atoms with Gasteiger partial charge in [-0.25, -0.2) is 4.79 Å². The summed E-state index contributed by atoms with van der Waals surface area (Å²) in [6.45, 7) is 3.38. The van der Waals surface area contributed by atoms with Gasteiger partial charge in [-0.3, -0.25) is 0 Å². The Morgan fingerprint density at radius 1 is 1.14 bits per heavy atom. The lowest BCUT2D eigenvalue weighted by atomic mass is 10.0. The van der Waals surface area contributed by atoms with Crippen LogP contribution < -0.4 is 10.6 Å². The predicted molar refractivity (Wildman–Crippen MR) is 85.6 cm³/mol. The summed E-state index contributed by atoms with van der Waals surface area (Å²) in [7, 11) is 0. The van der Waals surface area contributed by atoms with Gasteiger partial charge in [-0.15, -0.1) is 0 Å². The predicted octanol–water partition coefficient (Wildman–Crippen LogP) is 3.19. The number of urea groups is 1. The molecule has 21 heavy (non-hydrogen) atoms. The van der Waals surface area contributed by atoms with E-state index in [1.54, 1.807) is 12.1 Å². The molecule has 0 aliphatic carbocycles. The molecule has 2 aromatic rings. The summed E-state index contributed by atoms with van der Waals surface area (Å²) in [5, 5.41) is 17.4. The normalized spacial score (nSPS) is 10.5. The molecule has 0 bridgehead atoms. The van der Waals surface area contributed by atoms with Crippen LogP contribution in [-0.2, 0) is 6.42 Å². The van der Waals surface area contributed by atoms with E-state index in [1.165, 1.54) is 0 Å². The van der Waals surface area contributed by atoms with Crippen molar-refractivity contribution in [1.29, 1.82) is 0 Å². The Labute approximate surface area is 125 Å². The zero-order valence-corrected chi connectivity index (χ0v) is 12.4. The van der Waals surface area contributed by atoms with E-state index in [1.807, 2.05) is 24.3 Å². The average molecular weight is 286 g/mol. The lowest BCUT2D eigenvalue weighted by Gasteiger charge is -2.09. The van der Waals surface area contributed by atoms with E-state index in [-0.39, 0.29) is 11.8 Å². The van der Waals surface area contributed by atoms with E-state index in [4.69, 9.17) is 0 Å². The molecule has 0 spiro atoms. The van der Waals surface area contributed by atoms with Crippen LogP contribution in [0.15, 0.2) is 36.4 Å². The molecule has 4 nitrogen and oxygen atoms in total. The third-order valence-corrected chi connectivity index (χ3v) is 3.45. The first kappa shape index (κ1) is 15.2. The minimum atomic E-state index is -0.119. The number of fused-ring (bicyclic) bond motifs is 1. The smallest absolute Gasteiger partial charge is 0.314 e. The van der Waals surface area contributed by atoms with Crippen molar-refractivity contribution in [3.63, 3.8) is 0 Å². The van der Waals surface area contributed by atoms with Crippen LogP contribution in [0.4, 0.5) is 4.79 Å². The Morgan fingerprint density at radius 2 is 1.95 bits per heavy atom. The first-order chi connectivity index (χ1) is 10.2. The van der Waals surface area contributed by atoms with Gasteiger partial charge in [-0.2, -0.15) is 0 Å². The van der Waals surface area contributed by atoms with Crippen LogP contribution in [0.5, 0.6) is 5.75 Å². The molecule has 0 aliphatic heterocycles. The lowest BCUT2D eigenvalue weighted by molar-refractivity contribution is 0.241. The number of carbonyl (C=O) groups excluding carboxylic acids is 1. The molecule has 0 radical (unpaired) electrons. The van der Waals surface area contributed by atoms with Crippen LogP contribution in [-0.4, -0.2) is 24.2 Å². The molecule has 3 N–H and O–H groups in total. The lowest BCUT2D eigenvalue weighted by Crippen LogP contribution is -2.37. The van der Waals surface area contributed by atoms with Crippen LogP contribution in [0.2, 0.25) is 0 Å². The van der Waals surface area contributed by atoms with E-state index in [0.717, 1.165) is 35.6 Å². The number of phenols is 1. The maximum Gasteiger partial charge on any atom is 0.314 e. The molecule has 112 valence electrons. The summed E-state index contributed by atoms with van der Waals surface area (Å²) < 4.78 is 0. The van der Waals surface area contributed by atoms with Gasteiger partial charge in [0.2, 0.25) is 0 Å². The molecule has 2 rings (SSSR count). The fraction of sp³-hybridized carbons (Fsp3) is 0.353. The third kappa shape index (κ3) is 4.38. The molecule has 4 heteroatoms. The van der Waals surface area contributed by atoms with Crippen molar-refractivity contribution in [2.45, 2.75) is 26.2 Å². The Hall–Kier alpha value is -2.23. The van der Waals surface area contributed by atoms with Gasteiger partial charge in [-0.1, -0.05) is 37.6 Å². The molecule has 0 aromatic heterocycles. The number of phenolic OH excluding ortho intramolecular Hbond substituents is 1. The second-order valence-electron chi connectivity index (χ2n) is 5.11. The number of aromatic hydroxyl groups is 1. The largest absolute Gasteiger partial charge is 0.508 e. The highest BCUT2D eigenvalue weighted by Gasteiger charge is 2.03. The minimum Gasteiger partial charge on any atom is -0.508 e. The summed E-state index contributed by atoms with van der Waals surface area (Å²) in [6.07, 6.45) is 2.80. The van der Waals surface area contributed by atoms with Crippen molar-refractivity contribution in [2.24, 2.45) is 0 Å². The van der Waals surface area contributed by atoms with Crippen LogP contribution in [0, 0.1) is 0 Å². The summed E-state index contributed by atoms with van der Waals surface area (Å²) in [6, 6.07) is 11.3. The zero-order chi connectivity index (χ0) is 15.1. The summed E-state index contributed by atoms with van der Waals surface area (Å²) >= 11 is 0. The number of carbonyl (C=O) groups is 1. The zero-order valence-electron chi connectivity index (χ0n) is 12.4. The van der Waals surface area contributed by atoms with E-state index in [9.17, 15) is 9.90 Å². The molecule has 0 saturated heterocycles. The van der Waals surface area contributed by atoms with Gasteiger partial charge in [0, 0.05) is 13.1 Å². The van der Waals surface area contributed by atoms with Gasteiger partial charge >= 0.3 is 6.03 Å². The van der Waals surface area contributed by atoms with E-state index < -0.39 is 0 Å². The molecule has 0 fully saturated rings. The Morgan fingerprint density at radius 3 is 2.76 bits per heavy atom. The number of benzene rings is 2. The molecule has 0 atom stereocenters. The first-order valence-electron chi connectivity index (χ1n) is 7.43. The molecular weight excluding hydrogens is 264 g/mol.